The van der Waals surface area contributed by atoms with Crippen molar-refractivity contribution in [3.63, 3.8) is 0 Å². The van der Waals surface area contributed by atoms with Crippen LogP contribution in [-0.4, -0.2) is 10.9 Å². The molecule has 0 spiro atoms. The average molecular weight is 224 g/mol. The Bertz CT molecular complexity index is 424. The minimum atomic E-state index is 0.441. The van der Waals surface area contributed by atoms with Crippen molar-refractivity contribution in [1.82, 2.24) is 4.98 Å². The van der Waals surface area contributed by atoms with Crippen LogP contribution in [0.4, 0.5) is 5.82 Å². The highest BCUT2D eigenvalue weighted by Crippen LogP contribution is 2.28. The lowest BCUT2D eigenvalue weighted by atomic mass is 10.4. The summed E-state index contributed by atoms with van der Waals surface area (Å²) in [5.41, 5.74) is 0.616. The molecule has 0 saturated heterocycles. The van der Waals surface area contributed by atoms with Crippen LogP contribution in [0.25, 0.3) is 0 Å². The summed E-state index contributed by atoms with van der Waals surface area (Å²) in [7, 11) is 0. The van der Waals surface area contributed by atoms with E-state index in [1.807, 2.05) is 22.4 Å². The standard InChI is InChI=1S/C9H6ClN3S/c10-8-2-1-3-9(12-8)13-6-14-5-7(13)4-11/h1-3,5H,6H2. The van der Waals surface area contributed by atoms with Crippen LogP contribution in [0.2, 0.25) is 5.15 Å². The van der Waals surface area contributed by atoms with Gasteiger partial charge in [-0.2, -0.15) is 5.26 Å². The van der Waals surface area contributed by atoms with Gasteiger partial charge in [-0.25, -0.2) is 4.98 Å². The Hall–Kier alpha value is -1.18. The van der Waals surface area contributed by atoms with E-state index in [-0.39, 0.29) is 0 Å². The van der Waals surface area contributed by atoms with Crippen LogP contribution < -0.4 is 4.90 Å². The summed E-state index contributed by atoms with van der Waals surface area (Å²) in [5.74, 6) is 1.44. The minimum absolute atomic E-state index is 0.441. The molecule has 0 unspecified atom stereocenters. The van der Waals surface area contributed by atoms with Gasteiger partial charge in [0, 0.05) is 5.41 Å². The Labute approximate surface area is 91.0 Å². The molecule has 1 aliphatic heterocycles. The Morgan fingerprint density at radius 1 is 1.57 bits per heavy atom. The summed E-state index contributed by atoms with van der Waals surface area (Å²) in [4.78, 5) is 5.97. The monoisotopic (exact) mass is 223 g/mol. The van der Waals surface area contributed by atoms with Gasteiger partial charge in [0.05, 0.1) is 5.88 Å². The van der Waals surface area contributed by atoms with Crippen molar-refractivity contribution in [2.24, 2.45) is 0 Å². The molecule has 0 aromatic carbocycles. The van der Waals surface area contributed by atoms with Crippen LogP contribution in [0.3, 0.4) is 0 Å². The van der Waals surface area contributed by atoms with Gasteiger partial charge in [-0.3, -0.25) is 0 Å². The largest absolute Gasteiger partial charge is 0.307 e. The predicted octanol–water partition coefficient (Wildman–Crippen LogP) is 2.61. The van der Waals surface area contributed by atoms with Crippen LogP contribution in [-0.2, 0) is 0 Å². The molecular weight excluding hydrogens is 218 g/mol. The number of aromatic nitrogens is 1. The highest BCUT2D eigenvalue weighted by Gasteiger charge is 2.17. The molecule has 1 aromatic heterocycles. The number of thioether (sulfide) groups is 1. The zero-order valence-electron chi connectivity index (χ0n) is 7.14. The first-order valence-electron chi connectivity index (χ1n) is 3.93. The lowest BCUT2D eigenvalue weighted by Gasteiger charge is -2.15. The van der Waals surface area contributed by atoms with Gasteiger partial charge >= 0.3 is 0 Å². The van der Waals surface area contributed by atoms with Crippen LogP contribution in [0.1, 0.15) is 0 Å². The summed E-state index contributed by atoms with van der Waals surface area (Å²) in [6, 6.07) is 7.49. The smallest absolute Gasteiger partial charge is 0.136 e. The highest BCUT2D eigenvalue weighted by molar-refractivity contribution is 8.02. The van der Waals surface area contributed by atoms with E-state index in [2.05, 4.69) is 11.1 Å². The molecule has 0 radical (unpaired) electrons. The van der Waals surface area contributed by atoms with Gasteiger partial charge in [-0.15, -0.1) is 11.8 Å². The molecule has 1 aromatic rings. The minimum Gasteiger partial charge on any atom is -0.307 e. The van der Waals surface area contributed by atoms with Gasteiger partial charge in [-0.05, 0) is 12.1 Å². The van der Waals surface area contributed by atoms with Gasteiger partial charge in [0.2, 0.25) is 0 Å². The van der Waals surface area contributed by atoms with Gasteiger partial charge < -0.3 is 4.90 Å². The number of nitriles is 1. The predicted molar refractivity (Wildman–Crippen MR) is 57.9 cm³/mol. The van der Waals surface area contributed by atoms with Gasteiger partial charge in [0.1, 0.15) is 22.7 Å². The molecule has 0 saturated carbocycles. The van der Waals surface area contributed by atoms with Crippen molar-refractivity contribution in [2.45, 2.75) is 0 Å². The van der Waals surface area contributed by atoms with Crippen molar-refractivity contribution in [3.05, 3.63) is 34.5 Å². The quantitative estimate of drug-likeness (QED) is 0.687. The SMILES string of the molecule is N#CC1=CSCN1c1cccc(Cl)n1. The zero-order valence-corrected chi connectivity index (χ0v) is 8.72. The van der Waals surface area contributed by atoms with E-state index >= 15 is 0 Å². The molecule has 0 atom stereocenters. The third-order valence-electron chi connectivity index (χ3n) is 1.78. The molecule has 14 heavy (non-hydrogen) atoms. The maximum atomic E-state index is 8.83. The lowest BCUT2D eigenvalue weighted by Crippen LogP contribution is -2.17. The van der Waals surface area contributed by atoms with Crippen LogP contribution in [0.5, 0.6) is 0 Å². The van der Waals surface area contributed by atoms with Crippen molar-refractivity contribution in [1.29, 1.82) is 5.26 Å². The molecule has 5 heteroatoms. The lowest BCUT2D eigenvalue weighted by molar-refractivity contribution is 1.07. The summed E-state index contributed by atoms with van der Waals surface area (Å²) in [6.07, 6.45) is 0. The van der Waals surface area contributed by atoms with Crippen molar-refractivity contribution < 1.29 is 0 Å². The van der Waals surface area contributed by atoms with E-state index in [4.69, 9.17) is 16.9 Å². The summed E-state index contributed by atoms with van der Waals surface area (Å²) < 4.78 is 0. The molecule has 0 aliphatic carbocycles. The summed E-state index contributed by atoms with van der Waals surface area (Å²) >= 11 is 7.34. The number of nitrogens with zero attached hydrogens (tertiary/aromatic N) is 3. The van der Waals surface area contributed by atoms with Crippen LogP contribution >= 0.6 is 23.4 Å². The first kappa shape index (κ1) is 9.38. The van der Waals surface area contributed by atoms with E-state index in [1.54, 1.807) is 17.8 Å². The van der Waals surface area contributed by atoms with E-state index in [9.17, 15) is 0 Å². The van der Waals surface area contributed by atoms with Crippen LogP contribution in [0.15, 0.2) is 29.3 Å². The normalized spacial score (nSPS) is 15.1. The van der Waals surface area contributed by atoms with Crippen molar-refractivity contribution >= 4 is 29.2 Å². The van der Waals surface area contributed by atoms with Crippen LogP contribution in [0, 0.1) is 11.3 Å². The number of halogens is 1. The molecule has 0 bridgehead atoms. The Balaban J connectivity index is 2.33. The number of rotatable bonds is 1. The summed E-state index contributed by atoms with van der Waals surface area (Å²) in [5, 5.41) is 11.1. The molecule has 0 N–H and O–H groups in total. The van der Waals surface area contributed by atoms with E-state index in [0.29, 0.717) is 10.9 Å². The fourth-order valence-electron chi connectivity index (χ4n) is 1.15. The second-order valence-corrected chi connectivity index (χ2v) is 3.87. The fraction of sp³-hybridized carbons (Fsp3) is 0.111. The third-order valence-corrected chi connectivity index (χ3v) is 2.79. The molecule has 2 rings (SSSR count). The van der Waals surface area contributed by atoms with E-state index in [1.165, 1.54) is 0 Å². The third kappa shape index (κ3) is 1.69. The second-order valence-electron chi connectivity index (χ2n) is 2.66. The first-order valence-corrected chi connectivity index (χ1v) is 5.36. The number of anilines is 1. The number of hydrogen-bond acceptors (Lipinski definition) is 4. The molecule has 0 fully saturated rings. The molecule has 1 aliphatic rings. The van der Waals surface area contributed by atoms with E-state index in [0.717, 1.165) is 11.7 Å². The maximum absolute atomic E-state index is 8.83. The molecule has 3 nitrogen and oxygen atoms in total. The fourth-order valence-corrected chi connectivity index (χ4v) is 2.14. The van der Waals surface area contributed by atoms with Crippen molar-refractivity contribution in [2.75, 3.05) is 10.8 Å². The second kappa shape index (κ2) is 3.91. The number of hydrogen-bond donors (Lipinski definition) is 0. The molecule has 2 heterocycles. The zero-order chi connectivity index (χ0) is 9.97. The topological polar surface area (TPSA) is 39.9 Å². The van der Waals surface area contributed by atoms with E-state index < -0.39 is 0 Å². The number of allylic oxidation sites excluding steroid dienone is 1. The van der Waals surface area contributed by atoms with Gasteiger partial charge in [0.15, 0.2) is 0 Å². The Morgan fingerprint density at radius 2 is 2.43 bits per heavy atom. The maximum Gasteiger partial charge on any atom is 0.136 e. The van der Waals surface area contributed by atoms with Gasteiger partial charge in [0.25, 0.3) is 0 Å². The average Bonchev–Trinajstić information content (AvgIpc) is 2.65. The molecule has 0 amide bonds. The molecule has 70 valence electrons. The number of pyridine rings is 1. The van der Waals surface area contributed by atoms with Gasteiger partial charge in [-0.1, -0.05) is 17.7 Å². The van der Waals surface area contributed by atoms with Crippen molar-refractivity contribution in [3.8, 4) is 6.07 Å². The summed E-state index contributed by atoms with van der Waals surface area (Å²) in [6.45, 7) is 0. The Morgan fingerprint density at radius 3 is 3.14 bits per heavy atom. The molecular formula is C9H6ClN3S. The first-order chi connectivity index (χ1) is 6.81. The Kier molecular flexibility index (Phi) is 2.62. The highest BCUT2D eigenvalue weighted by atomic mass is 35.5.